The second-order valence-corrected chi connectivity index (χ2v) is 8.35. The number of amides is 2. The van der Waals surface area contributed by atoms with E-state index in [1.54, 1.807) is 17.2 Å². The van der Waals surface area contributed by atoms with Crippen LogP contribution in [-0.4, -0.2) is 29.4 Å². The lowest BCUT2D eigenvalue weighted by Crippen LogP contribution is -2.43. The smallest absolute Gasteiger partial charge is 0.274 e. The molecule has 1 aromatic carbocycles. The highest BCUT2D eigenvalue weighted by Crippen LogP contribution is 2.37. The average Bonchev–Trinajstić information content (AvgIpc) is 2.77. The number of hydrogen-bond acceptors (Lipinski definition) is 4. The molecule has 6 heteroatoms. The van der Waals surface area contributed by atoms with Gasteiger partial charge in [-0.25, -0.2) is 4.98 Å². The summed E-state index contributed by atoms with van der Waals surface area (Å²) in [7, 11) is 0. The monoisotopic (exact) mass is 407 g/mol. The number of carbonyl (C=O) groups excluding carboxylic acids is 2. The molecule has 2 heterocycles. The van der Waals surface area contributed by atoms with E-state index in [1.165, 1.54) is 12.8 Å². The zero-order chi connectivity index (χ0) is 20.9. The predicted octanol–water partition coefficient (Wildman–Crippen LogP) is 4.02. The fourth-order valence-electron chi connectivity index (χ4n) is 4.26. The van der Waals surface area contributed by atoms with E-state index in [9.17, 15) is 9.59 Å². The molecule has 1 N–H and O–H groups in total. The number of aromatic nitrogens is 1. The van der Waals surface area contributed by atoms with Crippen LogP contribution in [-0.2, 0) is 9.59 Å². The molecular weight excluding hydrogens is 378 g/mol. The van der Waals surface area contributed by atoms with Gasteiger partial charge >= 0.3 is 0 Å². The number of nitrogens with zero attached hydrogens (tertiary/aromatic N) is 2. The quantitative estimate of drug-likeness (QED) is 0.785. The molecule has 0 spiro atoms. The van der Waals surface area contributed by atoms with Crippen molar-refractivity contribution >= 4 is 17.6 Å². The lowest BCUT2D eigenvalue weighted by atomic mass is 9.87. The number of pyridine rings is 1. The van der Waals surface area contributed by atoms with Crippen molar-refractivity contribution in [2.75, 3.05) is 11.4 Å². The van der Waals surface area contributed by atoms with E-state index in [0.29, 0.717) is 37.0 Å². The van der Waals surface area contributed by atoms with Crippen LogP contribution in [0.15, 0.2) is 48.7 Å². The molecule has 1 aliphatic heterocycles. The Balaban J connectivity index is 1.38. The van der Waals surface area contributed by atoms with Gasteiger partial charge in [0.15, 0.2) is 11.6 Å². The number of benzene rings is 1. The number of carbonyl (C=O) groups is 2. The second-order valence-electron chi connectivity index (χ2n) is 8.35. The molecule has 158 valence electrons. The van der Waals surface area contributed by atoms with E-state index in [4.69, 9.17) is 4.74 Å². The first-order valence-corrected chi connectivity index (χ1v) is 10.9. The lowest BCUT2D eigenvalue weighted by Gasteiger charge is -2.33. The van der Waals surface area contributed by atoms with E-state index in [0.717, 1.165) is 24.3 Å². The molecule has 2 amide bonds. The molecule has 1 fully saturated rings. The van der Waals surface area contributed by atoms with Crippen molar-refractivity contribution < 1.29 is 14.3 Å². The summed E-state index contributed by atoms with van der Waals surface area (Å²) >= 11 is 0. The highest BCUT2D eigenvalue weighted by atomic mass is 16.5. The summed E-state index contributed by atoms with van der Waals surface area (Å²) in [5.41, 5.74) is 0.811. The third-order valence-corrected chi connectivity index (χ3v) is 6.01. The van der Waals surface area contributed by atoms with Crippen LogP contribution < -0.4 is 15.0 Å². The van der Waals surface area contributed by atoms with Crippen molar-refractivity contribution in [3.05, 3.63) is 54.2 Å². The second kappa shape index (κ2) is 9.28. The largest absolute Gasteiger partial charge is 0.472 e. The standard InChI is InChI=1S/C24H29N3O3/c1-17-11-13-19(14-12-17)26-21(28)10-6-16-27-23-20(9-5-15-25-23)30-22(24(27)29)18-7-3-2-4-8-18/h2-5,7-9,15,17,19,22H,6,10-14,16H2,1H3,(H,26,28)/t17?,19?,22-/m0/s1. The highest BCUT2D eigenvalue weighted by Gasteiger charge is 2.36. The molecule has 2 aliphatic rings. The van der Waals surface area contributed by atoms with E-state index >= 15 is 0 Å². The van der Waals surface area contributed by atoms with Crippen LogP contribution in [0.2, 0.25) is 0 Å². The molecule has 0 saturated heterocycles. The van der Waals surface area contributed by atoms with Gasteiger partial charge in [0.1, 0.15) is 0 Å². The molecular formula is C24H29N3O3. The minimum absolute atomic E-state index is 0.0658. The van der Waals surface area contributed by atoms with E-state index in [-0.39, 0.29) is 11.8 Å². The third kappa shape index (κ3) is 4.64. The fraction of sp³-hybridized carbons (Fsp3) is 0.458. The molecule has 0 unspecified atom stereocenters. The third-order valence-electron chi connectivity index (χ3n) is 6.01. The van der Waals surface area contributed by atoms with Crippen molar-refractivity contribution in [2.24, 2.45) is 5.92 Å². The van der Waals surface area contributed by atoms with E-state index in [2.05, 4.69) is 17.2 Å². The minimum Gasteiger partial charge on any atom is -0.472 e. The van der Waals surface area contributed by atoms with Crippen LogP contribution in [0.3, 0.4) is 0 Å². The number of rotatable bonds is 6. The van der Waals surface area contributed by atoms with Crippen LogP contribution >= 0.6 is 0 Å². The Hall–Kier alpha value is -2.89. The minimum atomic E-state index is -0.694. The van der Waals surface area contributed by atoms with Crippen LogP contribution in [0.25, 0.3) is 0 Å². The molecule has 4 rings (SSSR count). The van der Waals surface area contributed by atoms with Gasteiger partial charge in [0.25, 0.3) is 5.91 Å². The first-order valence-electron chi connectivity index (χ1n) is 10.9. The van der Waals surface area contributed by atoms with Crippen molar-refractivity contribution in [1.29, 1.82) is 0 Å². The van der Waals surface area contributed by atoms with Gasteiger partial charge in [-0.2, -0.15) is 0 Å². The Morgan fingerprint density at radius 1 is 1.13 bits per heavy atom. The molecule has 6 nitrogen and oxygen atoms in total. The molecule has 1 aromatic heterocycles. The van der Waals surface area contributed by atoms with Gasteiger partial charge < -0.3 is 10.1 Å². The molecule has 1 atom stereocenters. The predicted molar refractivity (Wildman–Crippen MR) is 115 cm³/mol. The lowest BCUT2D eigenvalue weighted by molar-refractivity contribution is -0.127. The van der Waals surface area contributed by atoms with Gasteiger partial charge in [0.05, 0.1) is 0 Å². The summed E-state index contributed by atoms with van der Waals surface area (Å²) in [5.74, 6) is 1.80. The average molecular weight is 408 g/mol. The number of hydrogen-bond donors (Lipinski definition) is 1. The summed E-state index contributed by atoms with van der Waals surface area (Å²) < 4.78 is 5.96. The van der Waals surface area contributed by atoms with Gasteiger partial charge in [0.2, 0.25) is 12.0 Å². The first kappa shape index (κ1) is 20.4. The molecule has 0 radical (unpaired) electrons. The van der Waals surface area contributed by atoms with Crippen molar-refractivity contribution in [1.82, 2.24) is 10.3 Å². The van der Waals surface area contributed by atoms with Crippen molar-refractivity contribution in [2.45, 2.75) is 57.6 Å². The Bertz CT molecular complexity index is 878. The number of nitrogens with one attached hydrogen (secondary N) is 1. The molecule has 1 aliphatic carbocycles. The van der Waals surface area contributed by atoms with E-state index < -0.39 is 6.10 Å². The van der Waals surface area contributed by atoms with Crippen LogP contribution in [0.1, 0.15) is 57.1 Å². The first-order chi connectivity index (χ1) is 14.6. The number of ether oxygens (including phenoxy) is 1. The molecule has 30 heavy (non-hydrogen) atoms. The van der Waals surface area contributed by atoms with Crippen molar-refractivity contribution in [3.63, 3.8) is 0 Å². The summed E-state index contributed by atoms with van der Waals surface area (Å²) in [4.78, 5) is 31.6. The van der Waals surface area contributed by atoms with Gasteiger partial charge in [-0.15, -0.1) is 0 Å². The Morgan fingerprint density at radius 3 is 2.67 bits per heavy atom. The number of fused-ring (bicyclic) bond motifs is 1. The van der Waals surface area contributed by atoms with Gasteiger partial charge in [-0.3, -0.25) is 14.5 Å². The fourth-order valence-corrected chi connectivity index (χ4v) is 4.26. The summed E-state index contributed by atoms with van der Waals surface area (Å²) in [6.45, 7) is 2.70. The Kier molecular flexibility index (Phi) is 6.31. The SMILES string of the molecule is CC1CCC(NC(=O)CCCN2C(=O)[C@H](c3ccccc3)Oc3cccnc32)CC1. The van der Waals surface area contributed by atoms with Gasteiger partial charge in [0, 0.05) is 30.8 Å². The maximum Gasteiger partial charge on any atom is 0.274 e. The zero-order valence-corrected chi connectivity index (χ0v) is 17.4. The maximum atomic E-state index is 13.2. The van der Waals surface area contributed by atoms with Crippen LogP contribution in [0.4, 0.5) is 5.82 Å². The summed E-state index contributed by atoms with van der Waals surface area (Å²) in [5, 5.41) is 3.16. The molecule has 0 bridgehead atoms. The van der Waals surface area contributed by atoms with Gasteiger partial charge in [-0.05, 0) is 50.2 Å². The molecule has 2 aromatic rings. The molecule has 1 saturated carbocycles. The summed E-state index contributed by atoms with van der Waals surface area (Å²) in [6, 6.07) is 13.4. The van der Waals surface area contributed by atoms with E-state index in [1.807, 2.05) is 36.4 Å². The highest BCUT2D eigenvalue weighted by molar-refractivity contribution is 5.99. The zero-order valence-electron chi connectivity index (χ0n) is 17.4. The van der Waals surface area contributed by atoms with Crippen LogP contribution in [0, 0.1) is 5.92 Å². The Morgan fingerprint density at radius 2 is 1.90 bits per heavy atom. The Labute approximate surface area is 177 Å². The van der Waals surface area contributed by atoms with Gasteiger partial charge in [-0.1, -0.05) is 37.3 Å². The topological polar surface area (TPSA) is 71.5 Å². The summed E-state index contributed by atoms with van der Waals surface area (Å²) in [6.07, 6.45) is 6.42. The maximum absolute atomic E-state index is 13.2. The van der Waals surface area contributed by atoms with Crippen LogP contribution in [0.5, 0.6) is 5.75 Å². The normalized spacial score (nSPS) is 23.4. The van der Waals surface area contributed by atoms with Crippen molar-refractivity contribution in [3.8, 4) is 5.75 Å². The number of anilines is 1.